The molecule has 2 aromatic rings. The number of nitrogens with one attached hydrogen (secondary N) is 2. The van der Waals surface area contributed by atoms with Crippen LogP contribution in [0.25, 0.3) is 0 Å². The van der Waals surface area contributed by atoms with Gasteiger partial charge in [-0.2, -0.15) is 0 Å². The lowest BCUT2D eigenvalue weighted by Crippen LogP contribution is -2.21. The van der Waals surface area contributed by atoms with Gasteiger partial charge in [0.05, 0.1) is 19.3 Å². The number of hydrogen-bond acceptors (Lipinski definition) is 3. The molecule has 0 aliphatic heterocycles. The van der Waals surface area contributed by atoms with Gasteiger partial charge < -0.3 is 15.4 Å². The van der Waals surface area contributed by atoms with E-state index in [0.717, 1.165) is 15.9 Å². The summed E-state index contributed by atoms with van der Waals surface area (Å²) >= 11 is 9.29. The van der Waals surface area contributed by atoms with E-state index in [4.69, 9.17) is 16.3 Å². The maximum atomic E-state index is 11.9. The average molecular weight is 370 g/mol. The first kappa shape index (κ1) is 15.7. The third-order valence-corrected chi connectivity index (χ3v) is 3.65. The number of methoxy groups -OCH3 is 1. The molecule has 0 heterocycles. The van der Waals surface area contributed by atoms with Crippen molar-refractivity contribution >= 4 is 44.8 Å². The van der Waals surface area contributed by atoms with Crippen molar-refractivity contribution in [1.29, 1.82) is 0 Å². The van der Waals surface area contributed by atoms with Crippen LogP contribution >= 0.6 is 27.5 Å². The molecule has 1 amide bonds. The Kier molecular flexibility index (Phi) is 5.47. The van der Waals surface area contributed by atoms with E-state index >= 15 is 0 Å². The van der Waals surface area contributed by atoms with Gasteiger partial charge in [-0.3, -0.25) is 4.79 Å². The van der Waals surface area contributed by atoms with Gasteiger partial charge >= 0.3 is 0 Å². The van der Waals surface area contributed by atoms with Crippen LogP contribution in [0.15, 0.2) is 46.9 Å². The molecule has 2 N–H and O–H groups in total. The predicted molar refractivity (Wildman–Crippen MR) is 89.3 cm³/mol. The van der Waals surface area contributed by atoms with Gasteiger partial charge in [0.2, 0.25) is 5.91 Å². The maximum absolute atomic E-state index is 11.9. The van der Waals surface area contributed by atoms with Crippen molar-refractivity contribution in [1.82, 2.24) is 0 Å². The van der Waals surface area contributed by atoms with Crippen LogP contribution < -0.4 is 15.4 Å². The summed E-state index contributed by atoms with van der Waals surface area (Å²) in [6, 6.07) is 12.5. The summed E-state index contributed by atoms with van der Waals surface area (Å²) in [5.74, 6) is 0.558. The Bertz CT molecular complexity index is 649. The van der Waals surface area contributed by atoms with Crippen LogP contribution in [-0.2, 0) is 4.79 Å². The Balaban J connectivity index is 1.95. The molecule has 0 spiro atoms. The molecule has 2 aromatic carbocycles. The summed E-state index contributed by atoms with van der Waals surface area (Å²) < 4.78 is 6.01. The predicted octanol–water partition coefficient (Wildman–Crippen LogP) is 4.16. The number of benzene rings is 2. The molecule has 6 heteroatoms. The number of carbonyl (C=O) groups excluding carboxylic acids is 1. The molecule has 0 atom stereocenters. The van der Waals surface area contributed by atoms with Crippen molar-refractivity contribution in [2.75, 3.05) is 24.3 Å². The fourth-order valence-corrected chi connectivity index (χ4v) is 2.29. The number of carbonyl (C=O) groups is 1. The first-order valence-electron chi connectivity index (χ1n) is 6.21. The summed E-state index contributed by atoms with van der Waals surface area (Å²) in [5.41, 5.74) is 1.45. The van der Waals surface area contributed by atoms with E-state index in [-0.39, 0.29) is 12.5 Å². The van der Waals surface area contributed by atoms with E-state index in [0.29, 0.717) is 10.7 Å². The monoisotopic (exact) mass is 368 g/mol. The second-order valence-corrected chi connectivity index (χ2v) is 5.55. The van der Waals surface area contributed by atoms with Crippen molar-refractivity contribution in [2.45, 2.75) is 0 Å². The van der Waals surface area contributed by atoms with Crippen LogP contribution in [-0.4, -0.2) is 19.6 Å². The quantitative estimate of drug-likeness (QED) is 0.832. The molecular weight excluding hydrogens is 356 g/mol. The van der Waals surface area contributed by atoms with Crippen LogP contribution in [0.2, 0.25) is 5.02 Å². The zero-order valence-corrected chi connectivity index (χ0v) is 13.7. The van der Waals surface area contributed by atoms with Crippen LogP contribution in [0.3, 0.4) is 0 Å². The molecule has 2 rings (SSSR count). The molecule has 0 aliphatic carbocycles. The summed E-state index contributed by atoms with van der Waals surface area (Å²) in [4.78, 5) is 11.9. The van der Waals surface area contributed by atoms with E-state index in [9.17, 15) is 4.79 Å². The van der Waals surface area contributed by atoms with Crippen molar-refractivity contribution in [3.8, 4) is 5.75 Å². The molecule has 110 valence electrons. The molecule has 0 saturated carbocycles. The number of hydrogen-bond donors (Lipinski definition) is 2. The smallest absolute Gasteiger partial charge is 0.243 e. The van der Waals surface area contributed by atoms with Gasteiger partial charge in [0.1, 0.15) is 5.75 Å². The highest BCUT2D eigenvalue weighted by Gasteiger charge is 2.06. The second kappa shape index (κ2) is 7.33. The van der Waals surface area contributed by atoms with Crippen LogP contribution in [0.1, 0.15) is 0 Å². The average Bonchev–Trinajstić information content (AvgIpc) is 2.46. The fraction of sp³-hybridized carbons (Fsp3) is 0.133. The number of ether oxygens (including phenoxy) is 1. The minimum absolute atomic E-state index is 0.137. The summed E-state index contributed by atoms with van der Waals surface area (Å²) in [7, 11) is 1.60. The first-order valence-corrected chi connectivity index (χ1v) is 7.38. The Morgan fingerprint density at radius 2 is 2.10 bits per heavy atom. The topological polar surface area (TPSA) is 50.4 Å². The van der Waals surface area contributed by atoms with Crippen molar-refractivity contribution < 1.29 is 9.53 Å². The highest BCUT2D eigenvalue weighted by atomic mass is 79.9. The largest absolute Gasteiger partial charge is 0.497 e. The molecule has 0 saturated heterocycles. The van der Waals surface area contributed by atoms with Crippen molar-refractivity contribution in [2.24, 2.45) is 0 Å². The molecule has 4 nitrogen and oxygen atoms in total. The minimum Gasteiger partial charge on any atom is -0.497 e. The minimum atomic E-state index is -0.160. The number of halogens is 2. The molecule has 0 radical (unpaired) electrons. The molecular formula is C15H14BrClN2O2. The SMILES string of the molecule is COc1ccc(Br)c(NCC(=O)Nc2cccc(Cl)c2)c1. The third kappa shape index (κ3) is 4.65. The van der Waals surface area contributed by atoms with Gasteiger partial charge in [0.15, 0.2) is 0 Å². The fourth-order valence-electron chi connectivity index (χ4n) is 1.71. The van der Waals surface area contributed by atoms with Crippen LogP contribution in [0.5, 0.6) is 5.75 Å². The van der Waals surface area contributed by atoms with E-state index in [2.05, 4.69) is 26.6 Å². The Morgan fingerprint density at radius 1 is 1.29 bits per heavy atom. The molecule has 0 fully saturated rings. The van der Waals surface area contributed by atoms with Gasteiger partial charge in [0.25, 0.3) is 0 Å². The third-order valence-electron chi connectivity index (χ3n) is 2.72. The van der Waals surface area contributed by atoms with E-state index in [1.807, 2.05) is 18.2 Å². The molecule has 0 bridgehead atoms. The maximum Gasteiger partial charge on any atom is 0.243 e. The number of amides is 1. The zero-order valence-electron chi connectivity index (χ0n) is 11.3. The highest BCUT2D eigenvalue weighted by molar-refractivity contribution is 9.10. The standard InChI is InChI=1S/C15H14BrClN2O2/c1-21-12-5-6-13(16)14(8-12)18-9-15(20)19-11-4-2-3-10(17)7-11/h2-8,18H,9H2,1H3,(H,19,20). The molecule has 0 aromatic heterocycles. The van der Waals surface area contributed by atoms with Gasteiger partial charge in [0, 0.05) is 21.2 Å². The van der Waals surface area contributed by atoms with Crippen molar-refractivity contribution in [3.05, 3.63) is 52.0 Å². The molecule has 0 aliphatic rings. The Labute approximate surface area is 136 Å². The lowest BCUT2D eigenvalue weighted by Gasteiger charge is -2.11. The van der Waals surface area contributed by atoms with Crippen LogP contribution in [0, 0.1) is 0 Å². The van der Waals surface area contributed by atoms with Gasteiger partial charge in [-0.25, -0.2) is 0 Å². The summed E-state index contributed by atoms with van der Waals surface area (Å²) in [6.07, 6.45) is 0. The summed E-state index contributed by atoms with van der Waals surface area (Å²) in [5, 5.41) is 6.40. The normalized spacial score (nSPS) is 10.0. The first-order chi connectivity index (χ1) is 10.1. The molecule has 0 unspecified atom stereocenters. The van der Waals surface area contributed by atoms with Crippen LogP contribution in [0.4, 0.5) is 11.4 Å². The van der Waals surface area contributed by atoms with Gasteiger partial charge in [-0.05, 0) is 46.3 Å². The Morgan fingerprint density at radius 3 is 2.81 bits per heavy atom. The van der Waals surface area contributed by atoms with E-state index in [1.54, 1.807) is 31.4 Å². The Hall–Kier alpha value is -1.72. The number of anilines is 2. The zero-order chi connectivity index (χ0) is 15.2. The van der Waals surface area contributed by atoms with Gasteiger partial charge in [-0.1, -0.05) is 17.7 Å². The van der Waals surface area contributed by atoms with E-state index in [1.165, 1.54) is 0 Å². The summed E-state index contributed by atoms with van der Waals surface area (Å²) in [6.45, 7) is 0.137. The highest BCUT2D eigenvalue weighted by Crippen LogP contribution is 2.26. The second-order valence-electron chi connectivity index (χ2n) is 4.26. The lowest BCUT2D eigenvalue weighted by atomic mass is 10.3. The van der Waals surface area contributed by atoms with Gasteiger partial charge in [-0.15, -0.1) is 0 Å². The molecule has 21 heavy (non-hydrogen) atoms. The number of rotatable bonds is 5. The lowest BCUT2D eigenvalue weighted by molar-refractivity contribution is -0.114. The van der Waals surface area contributed by atoms with Crippen molar-refractivity contribution in [3.63, 3.8) is 0 Å². The van der Waals surface area contributed by atoms with E-state index < -0.39 is 0 Å².